The molecule has 0 spiro atoms. The van der Waals surface area contributed by atoms with E-state index in [2.05, 4.69) is 4.98 Å². The minimum Gasteiger partial charge on any atom is -0.351 e. The summed E-state index contributed by atoms with van der Waals surface area (Å²) < 4.78 is 28.7. The number of benzene rings is 2. The van der Waals surface area contributed by atoms with Gasteiger partial charge in [0.05, 0.1) is 16.6 Å². The smallest absolute Gasteiger partial charge is 0.318 e. The summed E-state index contributed by atoms with van der Waals surface area (Å²) in [6.07, 6.45) is -0.0811. The van der Waals surface area contributed by atoms with Gasteiger partial charge >= 0.3 is 6.03 Å². The van der Waals surface area contributed by atoms with Crippen LogP contribution in [0, 0.1) is 11.6 Å². The third kappa shape index (κ3) is 4.17. The van der Waals surface area contributed by atoms with Crippen molar-refractivity contribution in [1.29, 1.82) is 0 Å². The van der Waals surface area contributed by atoms with Crippen molar-refractivity contribution in [3.63, 3.8) is 0 Å². The van der Waals surface area contributed by atoms with Gasteiger partial charge in [-0.25, -0.2) is 18.6 Å². The second-order valence-corrected chi connectivity index (χ2v) is 6.72. The van der Waals surface area contributed by atoms with Crippen molar-refractivity contribution < 1.29 is 18.4 Å². The van der Waals surface area contributed by atoms with Gasteiger partial charge in [-0.15, -0.1) is 0 Å². The number of carbonyl (C=O) groups is 2. The molecular formula is C18H14F2N4O3S. The fourth-order valence-electron chi connectivity index (χ4n) is 2.52. The van der Waals surface area contributed by atoms with Crippen LogP contribution < -0.4 is 16.6 Å². The van der Waals surface area contributed by atoms with E-state index in [1.54, 1.807) is 24.3 Å². The molecule has 0 atom stereocenters. The van der Waals surface area contributed by atoms with E-state index in [0.29, 0.717) is 11.6 Å². The molecule has 2 aromatic carbocycles. The first-order chi connectivity index (χ1) is 13.4. The number of aromatic nitrogens is 2. The zero-order chi connectivity index (χ0) is 20.3. The van der Waals surface area contributed by atoms with Crippen LogP contribution >= 0.6 is 11.8 Å². The first-order valence-electron chi connectivity index (χ1n) is 8.06. The second kappa shape index (κ2) is 8.17. The molecule has 1 aromatic heterocycles. The summed E-state index contributed by atoms with van der Waals surface area (Å²) in [7, 11) is 0. The molecule has 28 heavy (non-hydrogen) atoms. The summed E-state index contributed by atoms with van der Waals surface area (Å²) >= 11 is 1.02. The minimum atomic E-state index is -0.968. The topological polar surface area (TPSA) is 107 Å². The van der Waals surface area contributed by atoms with Gasteiger partial charge in [0.25, 0.3) is 5.56 Å². The summed E-state index contributed by atoms with van der Waals surface area (Å²) in [5.74, 6) is -2.15. The Morgan fingerprint density at radius 1 is 1.18 bits per heavy atom. The Morgan fingerprint density at radius 3 is 2.64 bits per heavy atom. The van der Waals surface area contributed by atoms with Crippen LogP contribution in [0.5, 0.6) is 0 Å². The lowest BCUT2D eigenvalue weighted by Crippen LogP contribution is -2.35. The van der Waals surface area contributed by atoms with Crippen LogP contribution in [0.1, 0.15) is 6.42 Å². The molecular weight excluding hydrogens is 390 g/mol. The average Bonchev–Trinajstić information content (AvgIpc) is 2.62. The van der Waals surface area contributed by atoms with Crippen LogP contribution in [0.3, 0.4) is 0 Å². The number of halogens is 2. The minimum absolute atomic E-state index is 0.0811. The van der Waals surface area contributed by atoms with E-state index in [1.807, 2.05) is 5.32 Å². The number of primary amides is 1. The third-order valence-corrected chi connectivity index (χ3v) is 4.66. The molecule has 0 bridgehead atoms. The second-order valence-electron chi connectivity index (χ2n) is 5.66. The molecule has 7 nitrogen and oxygen atoms in total. The summed E-state index contributed by atoms with van der Waals surface area (Å²) in [5, 5.41) is 2.32. The van der Waals surface area contributed by atoms with Gasteiger partial charge in [0.15, 0.2) is 5.16 Å². The average molecular weight is 404 g/mol. The lowest BCUT2D eigenvalue weighted by molar-refractivity contribution is -0.119. The van der Waals surface area contributed by atoms with Gasteiger partial charge in [0.2, 0.25) is 5.91 Å². The van der Waals surface area contributed by atoms with E-state index >= 15 is 0 Å². The molecule has 3 N–H and O–H groups in total. The molecule has 1 heterocycles. The monoisotopic (exact) mass is 404 g/mol. The Balaban J connectivity index is 2.03. The summed E-state index contributed by atoms with van der Waals surface area (Å²) in [6.45, 7) is 0. The van der Waals surface area contributed by atoms with Gasteiger partial charge in [0.1, 0.15) is 11.6 Å². The van der Waals surface area contributed by atoms with Crippen LogP contribution in [0.4, 0.5) is 13.6 Å². The number of hydrogen-bond donors (Lipinski definition) is 2. The third-order valence-electron chi connectivity index (χ3n) is 3.72. The number of hydrogen-bond acceptors (Lipinski definition) is 5. The quantitative estimate of drug-likeness (QED) is 0.501. The van der Waals surface area contributed by atoms with E-state index in [9.17, 15) is 23.2 Å². The number of thioether (sulfide) groups is 1. The Hall–Kier alpha value is -3.27. The zero-order valence-electron chi connectivity index (χ0n) is 14.3. The molecule has 0 aliphatic carbocycles. The Kier molecular flexibility index (Phi) is 5.69. The number of rotatable bonds is 5. The van der Waals surface area contributed by atoms with Gasteiger partial charge in [-0.3, -0.25) is 19.5 Å². The van der Waals surface area contributed by atoms with E-state index < -0.39 is 29.1 Å². The number of imide groups is 1. The summed E-state index contributed by atoms with van der Waals surface area (Å²) in [4.78, 5) is 39.6. The summed E-state index contributed by atoms with van der Waals surface area (Å²) in [6, 6.07) is 8.42. The van der Waals surface area contributed by atoms with E-state index in [-0.39, 0.29) is 28.4 Å². The number of para-hydroxylation sites is 1. The van der Waals surface area contributed by atoms with Gasteiger partial charge in [-0.05, 0) is 24.3 Å². The Morgan fingerprint density at radius 2 is 1.93 bits per heavy atom. The van der Waals surface area contributed by atoms with E-state index in [0.717, 1.165) is 28.5 Å². The highest BCUT2D eigenvalue weighted by Crippen LogP contribution is 2.23. The van der Waals surface area contributed by atoms with Gasteiger partial charge < -0.3 is 5.73 Å². The molecule has 3 amide bonds. The van der Waals surface area contributed by atoms with Crippen molar-refractivity contribution >= 4 is 34.6 Å². The fraction of sp³-hybridized carbons (Fsp3) is 0.111. The van der Waals surface area contributed by atoms with Crippen molar-refractivity contribution in [1.82, 2.24) is 14.9 Å². The van der Waals surface area contributed by atoms with Crippen molar-refractivity contribution in [2.24, 2.45) is 5.73 Å². The maximum atomic E-state index is 14.3. The Labute approximate surface area is 161 Å². The van der Waals surface area contributed by atoms with Crippen LogP contribution in [0.15, 0.2) is 52.4 Å². The van der Waals surface area contributed by atoms with E-state index in [4.69, 9.17) is 5.73 Å². The number of urea groups is 1. The van der Waals surface area contributed by atoms with E-state index in [1.165, 1.54) is 0 Å². The van der Waals surface area contributed by atoms with Crippen LogP contribution in [0.25, 0.3) is 16.6 Å². The molecule has 3 rings (SSSR count). The standard InChI is InChI=1S/C18H14F2N4O3S/c19-10-5-6-14(12(20)9-10)24-16(26)11-3-1-2-4-13(11)22-18(24)28-8-7-15(25)23-17(21)27/h1-6,9H,7-8H2,(H3,21,23,25,27). The van der Waals surface area contributed by atoms with Crippen LogP contribution in [-0.2, 0) is 4.79 Å². The first kappa shape index (κ1) is 19.5. The largest absolute Gasteiger partial charge is 0.351 e. The zero-order valence-corrected chi connectivity index (χ0v) is 15.1. The number of nitrogens with one attached hydrogen (secondary N) is 1. The number of fused-ring (bicyclic) bond motifs is 1. The Bertz CT molecular complexity index is 1130. The van der Waals surface area contributed by atoms with Crippen molar-refractivity contribution in [3.8, 4) is 5.69 Å². The highest BCUT2D eigenvalue weighted by atomic mass is 32.2. The molecule has 0 fully saturated rings. The van der Waals surface area contributed by atoms with Crippen LogP contribution in [-0.4, -0.2) is 27.2 Å². The van der Waals surface area contributed by atoms with Gasteiger partial charge in [-0.1, -0.05) is 23.9 Å². The molecule has 10 heteroatoms. The highest BCUT2D eigenvalue weighted by Gasteiger charge is 2.17. The number of carbonyl (C=O) groups excluding carboxylic acids is 2. The molecule has 0 radical (unpaired) electrons. The fourth-order valence-corrected chi connectivity index (χ4v) is 3.46. The van der Waals surface area contributed by atoms with Gasteiger partial charge in [-0.2, -0.15) is 0 Å². The molecule has 144 valence electrons. The maximum absolute atomic E-state index is 14.3. The summed E-state index contributed by atoms with van der Waals surface area (Å²) in [5.41, 5.74) is 4.59. The molecule has 0 saturated carbocycles. The van der Waals surface area contributed by atoms with Gasteiger partial charge in [0, 0.05) is 18.2 Å². The molecule has 0 aliphatic rings. The highest BCUT2D eigenvalue weighted by molar-refractivity contribution is 7.99. The first-order valence-corrected chi connectivity index (χ1v) is 9.04. The number of amides is 3. The van der Waals surface area contributed by atoms with Crippen molar-refractivity contribution in [3.05, 3.63) is 64.5 Å². The maximum Gasteiger partial charge on any atom is 0.318 e. The SMILES string of the molecule is NC(=O)NC(=O)CCSc1nc2ccccc2c(=O)n1-c1ccc(F)cc1F. The van der Waals surface area contributed by atoms with Crippen molar-refractivity contribution in [2.75, 3.05) is 5.75 Å². The van der Waals surface area contributed by atoms with Crippen molar-refractivity contribution in [2.45, 2.75) is 11.6 Å². The molecule has 0 saturated heterocycles. The lowest BCUT2D eigenvalue weighted by Gasteiger charge is -2.13. The normalized spacial score (nSPS) is 10.8. The number of nitrogens with zero attached hydrogens (tertiary/aromatic N) is 2. The van der Waals surface area contributed by atoms with Crippen LogP contribution in [0.2, 0.25) is 0 Å². The molecule has 0 unspecified atom stereocenters. The lowest BCUT2D eigenvalue weighted by atomic mass is 10.2. The molecule has 3 aromatic rings. The predicted octanol–water partition coefficient (Wildman–Crippen LogP) is 2.34. The molecule has 0 aliphatic heterocycles. The predicted molar refractivity (Wildman–Crippen MR) is 100 cm³/mol. The number of nitrogens with two attached hydrogens (primary N) is 1.